The summed E-state index contributed by atoms with van der Waals surface area (Å²) in [6, 6.07) is 28.2. The third-order valence-electron chi connectivity index (χ3n) is 9.07. The van der Waals surface area contributed by atoms with E-state index < -0.39 is 34.3 Å². The normalized spacial score (nSPS) is 13.8. The molecule has 0 fully saturated rings. The lowest BCUT2D eigenvalue weighted by Gasteiger charge is -2.26. The molecule has 0 saturated carbocycles. The fraction of sp³-hybridized carbons (Fsp3) is 0.442. The van der Waals surface area contributed by atoms with Crippen molar-refractivity contribution in [3.05, 3.63) is 108 Å². The molecule has 0 bridgehead atoms. The average Bonchev–Trinajstić information content (AvgIpc) is 3.20. The molecular weight excluding hydrogens is 709 g/mol. The summed E-state index contributed by atoms with van der Waals surface area (Å²) in [6.07, 6.45) is 0.582. The molecule has 0 aliphatic rings. The van der Waals surface area contributed by atoms with Crippen molar-refractivity contribution in [2.75, 3.05) is 26.4 Å². The molecule has 0 aromatic heterocycles. The SMILES string of the molecule is CCC(O)COc1ccc(C(C)(C)c2ccc(OCC(O)CC)cc2)cc1.CCC(O)COc1ccc(S(=O)(=O)c2ccc(OCC(O)CC)cc2)cc1. The Bertz CT molecular complexity index is 1620. The molecular formula is C43H58O10S. The van der Waals surface area contributed by atoms with Crippen molar-refractivity contribution in [3.8, 4) is 23.0 Å². The molecule has 0 radical (unpaired) electrons. The summed E-state index contributed by atoms with van der Waals surface area (Å²) in [5.41, 5.74) is 2.20. The molecule has 4 unspecified atom stereocenters. The van der Waals surface area contributed by atoms with E-state index in [2.05, 4.69) is 38.1 Å². The van der Waals surface area contributed by atoms with Gasteiger partial charge in [0.15, 0.2) is 0 Å². The Morgan fingerprint density at radius 2 is 0.667 bits per heavy atom. The lowest BCUT2D eigenvalue weighted by atomic mass is 9.78. The first kappa shape index (κ1) is 44.3. The van der Waals surface area contributed by atoms with Crippen molar-refractivity contribution in [2.45, 2.75) is 107 Å². The van der Waals surface area contributed by atoms with E-state index in [1.807, 2.05) is 52.0 Å². The van der Waals surface area contributed by atoms with Gasteiger partial charge in [-0.3, -0.25) is 0 Å². The molecule has 4 aromatic carbocycles. The van der Waals surface area contributed by atoms with Crippen LogP contribution < -0.4 is 18.9 Å². The standard InChI is InChI=1S/C23H32O4.C20H26O6S/c1-5-19(24)15-26-21-11-7-17(8-12-21)23(3,4)18-9-13-22(14-10-18)27-16-20(25)6-2;1-3-15(21)13-25-17-5-9-19(10-6-17)27(23,24)20-11-7-18(8-12-20)26-14-16(22)4-2/h7-14,19-20,24-25H,5-6,15-16H2,1-4H3;5-12,15-16,21-22H,3-4,13-14H2,1-2H3. The highest BCUT2D eigenvalue weighted by Crippen LogP contribution is 2.33. The van der Waals surface area contributed by atoms with Gasteiger partial charge in [0, 0.05) is 5.41 Å². The van der Waals surface area contributed by atoms with Crippen LogP contribution in [-0.4, -0.2) is 79.7 Å². The minimum atomic E-state index is -3.65. The van der Waals surface area contributed by atoms with Crippen LogP contribution in [0.4, 0.5) is 0 Å². The second-order valence-corrected chi connectivity index (χ2v) is 15.6. The van der Waals surface area contributed by atoms with Crippen molar-refractivity contribution < 1.29 is 47.8 Å². The zero-order chi connectivity index (χ0) is 39.7. The highest BCUT2D eigenvalue weighted by Gasteiger charge is 2.23. The summed E-state index contributed by atoms with van der Waals surface area (Å²) >= 11 is 0. The van der Waals surface area contributed by atoms with Crippen molar-refractivity contribution in [3.63, 3.8) is 0 Å². The van der Waals surface area contributed by atoms with Crippen LogP contribution in [0.3, 0.4) is 0 Å². The number of hydrogen-bond donors (Lipinski definition) is 4. The number of rotatable bonds is 20. The van der Waals surface area contributed by atoms with E-state index in [-0.39, 0.29) is 28.4 Å². The van der Waals surface area contributed by atoms with E-state index in [0.29, 0.717) is 50.4 Å². The molecule has 4 aromatic rings. The number of ether oxygens (including phenoxy) is 4. The van der Waals surface area contributed by atoms with Gasteiger partial charge in [0.2, 0.25) is 9.84 Å². The molecule has 296 valence electrons. The molecule has 10 nitrogen and oxygen atoms in total. The van der Waals surface area contributed by atoms with Crippen LogP contribution in [0.25, 0.3) is 0 Å². The highest BCUT2D eigenvalue weighted by atomic mass is 32.2. The number of aliphatic hydroxyl groups is 4. The maximum atomic E-state index is 12.7. The van der Waals surface area contributed by atoms with Crippen molar-refractivity contribution in [2.24, 2.45) is 0 Å². The van der Waals surface area contributed by atoms with Crippen LogP contribution in [0.1, 0.15) is 78.4 Å². The van der Waals surface area contributed by atoms with Crippen LogP contribution in [0.5, 0.6) is 23.0 Å². The molecule has 54 heavy (non-hydrogen) atoms. The second-order valence-electron chi connectivity index (χ2n) is 13.6. The van der Waals surface area contributed by atoms with Gasteiger partial charge in [-0.2, -0.15) is 0 Å². The summed E-state index contributed by atoms with van der Waals surface area (Å²) in [7, 11) is -3.65. The Morgan fingerprint density at radius 1 is 0.444 bits per heavy atom. The van der Waals surface area contributed by atoms with Crippen LogP contribution in [0.2, 0.25) is 0 Å². The lowest BCUT2D eigenvalue weighted by molar-refractivity contribution is 0.104. The van der Waals surface area contributed by atoms with Crippen molar-refractivity contribution in [1.29, 1.82) is 0 Å². The fourth-order valence-corrected chi connectivity index (χ4v) is 6.17. The van der Waals surface area contributed by atoms with Crippen LogP contribution >= 0.6 is 0 Å². The van der Waals surface area contributed by atoms with Crippen LogP contribution in [-0.2, 0) is 15.3 Å². The molecule has 4 rings (SSSR count). The van der Waals surface area contributed by atoms with E-state index in [1.54, 1.807) is 24.3 Å². The molecule has 0 saturated heterocycles. The lowest BCUT2D eigenvalue weighted by Crippen LogP contribution is -2.19. The monoisotopic (exact) mass is 766 g/mol. The summed E-state index contributed by atoms with van der Waals surface area (Å²) in [4.78, 5) is 0.307. The predicted molar refractivity (Wildman–Crippen MR) is 211 cm³/mol. The Balaban J connectivity index is 0.000000290. The van der Waals surface area contributed by atoms with Crippen LogP contribution in [0.15, 0.2) is 107 Å². The zero-order valence-electron chi connectivity index (χ0n) is 32.4. The van der Waals surface area contributed by atoms with Gasteiger partial charge in [0.05, 0.1) is 34.2 Å². The van der Waals surface area contributed by atoms with Gasteiger partial charge in [-0.25, -0.2) is 8.42 Å². The first-order valence-corrected chi connectivity index (χ1v) is 20.1. The first-order chi connectivity index (χ1) is 25.7. The Hall–Kier alpha value is -4.13. The molecule has 0 spiro atoms. The zero-order valence-corrected chi connectivity index (χ0v) is 33.2. The van der Waals surface area contributed by atoms with E-state index >= 15 is 0 Å². The van der Waals surface area contributed by atoms with E-state index in [1.165, 1.54) is 35.4 Å². The van der Waals surface area contributed by atoms with Gasteiger partial charge in [0.25, 0.3) is 0 Å². The van der Waals surface area contributed by atoms with E-state index in [0.717, 1.165) is 11.5 Å². The summed E-state index contributed by atoms with van der Waals surface area (Å²) in [5.74, 6) is 2.53. The molecule has 0 aliphatic carbocycles. The van der Waals surface area contributed by atoms with E-state index in [4.69, 9.17) is 18.9 Å². The summed E-state index contributed by atoms with van der Waals surface area (Å²) < 4.78 is 47.5. The van der Waals surface area contributed by atoms with Gasteiger partial charge >= 0.3 is 0 Å². The van der Waals surface area contributed by atoms with Gasteiger partial charge in [-0.1, -0.05) is 65.8 Å². The predicted octanol–water partition coefficient (Wildman–Crippen LogP) is 7.13. The molecule has 4 atom stereocenters. The number of sulfone groups is 1. The van der Waals surface area contributed by atoms with Crippen LogP contribution in [0, 0.1) is 0 Å². The summed E-state index contributed by atoms with van der Waals surface area (Å²) in [5, 5.41) is 38.2. The number of aliphatic hydroxyl groups excluding tert-OH is 4. The second kappa shape index (κ2) is 21.7. The number of hydrogen-bond acceptors (Lipinski definition) is 10. The largest absolute Gasteiger partial charge is 0.491 e. The Morgan fingerprint density at radius 3 is 0.889 bits per heavy atom. The molecule has 0 heterocycles. The maximum absolute atomic E-state index is 12.7. The van der Waals surface area contributed by atoms with Gasteiger partial charge < -0.3 is 39.4 Å². The minimum absolute atomic E-state index is 0.154. The van der Waals surface area contributed by atoms with Crippen molar-refractivity contribution in [1.82, 2.24) is 0 Å². The molecule has 0 aliphatic heterocycles. The Labute approximate surface area is 321 Å². The Kier molecular flexibility index (Phi) is 17.8. The van der Waals surface area contributed by atoms with Crippen molar-refractivity contribution >= 4 is 9.84 Å². The third-order valence-corrected chi connectivity index (χ3v) is 10.9. The molecule has 0 amide bonds. The third kappa shape index (κ3) is 13.6. The molecule has 4 N–H and O–H groups in total. The topological polar surface area (TPSA) is 152 Å². The molecule has 11 heteroatoms. The van der Waals surface area contributed by atoms with Gasteiger partial charge in [-0.15, -0.1) is 0 Å². The van der Waals surface area contributed by atoms with Gasteiger partial charge in [0.1, 0.15) is 49.4 Å². The quantitative estimate of drug-likeness (QED) is 0.0731. The number of benzene rings is 4. The summed E-state index contributed by atoms with van der Waals surface area (Å²) in [6.45, 7) is 12.9. The smallest absolute Gasteiger partial charge is 0.206 e. The maximum Gasteiger partial charge on any atom is 0.206 e. The average molecular weight is 767 g/mol. The van der Waals surface area contributed by atoms with Gasteiger partial charge in [-0.05, 0) is 110 Å². The highest BCUT2D eigenvalue weighted by molar-refractivity contribution is 7.91. The first-order valence-electron chi connectivity index (χ1n) is 18.6. The van der Waals surface area contributed by atoms with E-state index in [9.17, 15) is 28.8 Å². The fourth-order valence-electron chi connectivity index (χ4n) is 4.91. The minimum Gasteiger partial charge on any atom is -0.491 e.